The van der Waals surface area contributed by atoms with Crippen LogP contribution in [0, 0.1) is 0 Å². The zero-order valence-electron chi connectivity index (χ0n) is 20.4. The lowest BCUT2D eigenvalue weighted by Crippen LogP contribution is -2.29. The van der Waals surface area contributed by atoms with E-state index < -0.39 is 0 Å². The molecule has 0 aromatic heterocycles. The van der Waals surface area contributed by atoms with E-state index in [1.807, 2.05) is 61.7 Å². The molecule has 2 aliphatic rings. The van der Waals surface area contributed by atoms with Crippen molar-refractivity contribution in [3.05, 3.63) is 101 Å². The number of amides is 1. The molecular weight excluding hydrogens is 468 g/mol. The first-order valence-electron chi connectivity index (χ1n) is 12.1. The molecule has 0 spiro atoms. The van der Waals surface area contributed by atoms with Gasteiger partial charge in [0, 0.05) is 30.5 Å². The molecule has 0 bridgehead atoms. The SMILES string of the molecule is CCNc1ccc(C(C)=O)cc1/N=C1\SC(=CN2CCc3ccccc32)C(=O)N1Cc1ccccc1. The highest BCUT2D eigenvalue weighted by Crippen LogP contribution is 2.38. The van der Waals surface area contributed by atoms with E-state index in [9.17, 15) is 9.59 Å². The maximum absolute atomic E-state index is 13.7. The minimum absolute atomic E-state index is 0.0240. The highest BCUT2D eigenvalue weighted by molar-refractivity contribution is 8.18. The van der Waals surface area contributed by atoms with Gasteiger partial charge in [-0.15, -0.1) is 0 Å². The minimum atomic E-state index is -0.0697. The van der Waals surface area contributed by atoms with E-state index in [0.717, 1.165) is 36.4 Å². The number of nitrogens with zero attached hydrogens (tertiary/aromatic N) is 3. The number of benzene rings is 3. The number of ketones is 1. The van der Waals surface area contributed by atoms with Crippen LogP contribution in [0.1, 0.15) is 35.3 Å². The number of nitrogens with one attached hydrogen (secondary N) is 1. The Balaban J connectivity index is 1.54. The largest absolute Gasteiger partial charge is 0.384 e. The smallest absolute Gasteiger partial charge is 0.268 e. The summed E-state index contributed by atoms with van der Waals surface area (Å²) >= 11 is 1.38. The summed E-state index contributed by atoms with van der Waals surface area (Å²) in [6.45, 7) is 5.54. The molecule has 3 aromatic rings. The number of carbonyl (C=O) groups is 2. The monoisotopic (exact) mass is 496 g/mol. The summed E-state index contributed by atoms with van der Waals surface area (Å²) in [5.74, 6) is -0.0937. The fourth-order valence-electron chi connectivity index (χ4n) is 4.41. The van der Waals surface area contributed by atoms with Crippen molar-refractivity contribution >= 4 is 45.7 Å². The Bertz CT molecular complexity index is 1370. The first kappa shape index (κ1) is 23.9. The molecule has 1 fully saturated rings. The van der Waals surface area contributed by atoms with E-state index in [4.69, 9.17) is 4.99 Å². The van der Waals surface area contributed by atoms with Gasteiger partial charge in [0.2, 0.25) is 0 Å². The number of fused-ring (bicyclic) bond motifs is 1. The van der Waals surface area contributed by atoms with E-state index in [1.165, 1.54) is 17.3 Å². The van der Waals surface area contributed by atoms with Gasteiger partial charge in [-0.3, -0.25) is 14.5 Å². The van der Waals surface area contributed by atoms with Gasteiger partial charge in [0.05, 0.1) is 22.8 Å². The fourth-order valence-corrected chi connectivity index (χ4v) is 5.39. The van der Waals surface area contributed by atoms with Gasteiger partial charge in [0.25, 0.3) is 5.91 Å². The molecule has 1 amide bonds. The summed E-state index contributed by atoms with van der Waals surface area (Å²) in [6, 6.07) is 23.7. The number of hydrogen-bond donors (Lipinski definition) is 1. The van der Waals surface area contributed by atoms with Crippen LogP contribution in [0.15, 0.2) is 88.9 Å². The van der Waals surface area contributed by atoms with Crippen LogP contribution in [0.5, 0.6) is 0 Å². The van der Waals surface area contributed by atoms with E-state index in [2.05, 4.69) is 22.3 Å². The van der Waals surface area contributed by atoms with E-state index in [0.29, 0.717) is 27.9 Å². The molecule has 0 atom stereocenters. The molecule has 1 saturated heterocycles. The highest BCUT2D eigenvalue weighted by atomic mass is 32.2. The second kappa shape index (κ2) is 10.4. The predicted molar refractivity (Wildman–Crippen MR) is 148 cm³/mol. The standard InChI is InChI=1S/C29H28N4O2S/c1-3-30-24-14-13-23(20(2)34)17-25(24)31-29-33(18-21-9-5-4-6-10-21)28(35)27(36-29)19-32-16-15-22-11-7-8-12-26(22)32/h4-14,17,19,30H,3,15-16,18H2,1-2H3/b27-19?,31-29-. The number of rotatable bonds is 7. The first-order chi connectivity index (χ1) is 17.5. The zero-order chi connectivity index (χ0) is 25.1. The summed E-state index contributed by atoms with van der Waals surface area (Å²) < 4.78 is 0. The zero-order valence-corrected chi connectivity index (χ0v) is 21.2. The molecule has 3 aromatic carbocycles. The number of para-hydroxylation sites is 1. The predicted octanol–water partition coefficient (Wildman–Crippen LogP) is 5.99. The maximum Gasteiger partial charge on any atom is 0.268 e. The third-order valence-electron chi connectivity index (χ3n) is 6.26. The molecule has 0 aliphatic carbocycles. The molecule has 1 N–H and O–H groups in total. The number of anilines is 2. The molecular formula is C29H28N4O2S. The maximum atomic E-state index is 13.7. The lowest BCUT2D eigenvalue weighted by atomic mass is 10.1. The third-order valence-corrected chi connectivity index (χ3v) is 7.25. The van der Waals surface area contributed by atoms with Gasteiger partial charge in [-0.05, 0) is 67.4 Å². The summed E-state index contributed by atoms with van der Waals surface area (Å²) in [6.07, 6.45) is 2.91. The number of carbonyl (C=O) groups excluding carboxylic acids is 2. The van der Waals surface area contributed by atoms with Crippen LogP contribution < -0.4 is 10.2 Å². The summed E-state index contributed by atoms with van der Waals surface area (Å²) in [4.78, 5) is 35.1. The molecule has 2 heterocycles. The number of thioether (sulfide) groups is 1. The molecule has 182 valence electrons. The molecule has 2 aliphatic heterocycles. The molecule has 36 heavy (non-hydrogen) atoms. The lowest BCUT2D eigenvalue weighted by molar-refractivity contribution is -0.122. The Hall–Kier alpha value is -3.84. The van der Waals surface area contributed by atoms with Gasteiger partial charge in [-0.25, -0.2) is 4.99 Å². The Kier molecular flexibility index (Phi) is 6.91. The molecule has 7 heteroatoms. The van der Waals surface area contributed by atoms with E-state index in [1.54, 1.807) is 24.0 Å². The number of hydrogen-bond acceptors (Lipinski definition) is 6. The molecule has 6 nitrogen and oxygen atoms in total. The number of aliphatic imine (C=N–C) groups is 1. The van der Waals surface area contributed by atoms with Crippen LogP contribution in [0.4, 0.5) is 17.1 Å². The first-order valence-corrected chi connectivity index (χ1v) is 12.9. The molecule has 0 radical (unpaired) electrons. The Labute approximate surface area is 215 Å². The van der Waals surface area contributed by atoms with Crippen molar-refractivity contribution in [3.63, 3.8) is 0 Å². The third kappa shape index (κ3) is 4.93. The van der Waals surface area contributed by atoms with Crippen molar-refractivity contribution in [3.8, 4) is 0 Å². The van der Waals surface area contributed by atoms with Gasteiger partial charge in [0.15, 0.2) is 11.0 Å². The van der Waals surface area contributed by atoms with Crippen molar-refractivity contribution in [2.24, 2.45) is 4.99 Å². The number of amidine groups is 1. The van der Waals surface area contributed by atoms with Crippen LogP contribution in [0.25, 0.3) is 0 Å². The van der Waals surface area contributed by atoms with Gasteiger partial charge < -0.3 is 10.2 Å². The second-order valence-electron chi connectivity index (χ2n) is 8.76. The quantitative estimate of drug-likeness (QED) is 0.322. The van der Waals surface area contributed by atoms with E-state index >= 15 is 0 Å². The van der Waals surface area contributed by atoms with Crippen LogP contribution in [-0.2, 0) is 17.8 Å². The lowest BCUT2D eigenvalue weighted by Gasteiger charge is -2.17. The van der Waals surface area contributed by atoms with Crippen molar-refractivity contribution < 1.29 is 9.59 Å². The summed E-state index contributed by atoms with van der Waals surface area (Å²) in [7, 11) is 0. The van der Waals surface area contributed by atoms with Crippen LogP contribution >= 0.6 is 11.8 Å². The average Bonchev–Trinajstić information content (AvgIpc) is 3.42. The van der Waals surface area contributed by atoms with Gasteiger partial charge >= 0.3 is 0 Å². The summed E-state index contributed by atoms with van der Waals surface area (Å²) in [5.41, 5.74) is 5.51. The fraction of sp³-hybridized carbons (Fsp3) is 0.207. The van der Waals surface area contributed by atoms with Crippen LogP contribution in [0.3, 0.4) is 0 Å². The molecule has 5 rings (SSSR count). The topological polar surface area (TPSA) is 65.0 Å². The van der Waals surface area contributed by atoms with Gasteiger partial charge in [-0.2, -0.15) is 0 Å². The van der Waals surface area contributed by atoms with Gasteiger partial charge in [-0.1, -0.05) is 48.5 Å². The van der Waals surface area contributed by atoms with E-state index in [-0.39, 0.29) is 11.7 Å². The molecule has 0 saturated carbocycles. The number of Topliss-reactive ketones (excluding diaryl/α,β-unsaturated/α-hetero) is 1. The highest BCUT2D eigenvalue weighted by Gasteiger charge is 2.35. The van der Waals surface area contributed by atoms with Crippen LogP contribution in [-0.4, -0.2) is 34.8 Å². The van der Waals surface area contributed by atoms with Gasteiger partial charge in [0.1, 0.15) is 0 Å². The van der Waals surface area contributed by atoms with Crippen LogP contribution in [0.2, 0.25) is 0 Å². The molecule has 0 unspecified atom stereocenters. The van der Waals surface area contributed by atoms with Crippen molar-refractivity contribution in [2.45, 2.75) is 26.8 Å². The van der Waals surface area contributed by atoms with Crippen molar-refractivity contribution in [1.29, 1.82) is 0 Å². The van der Waals surface area contributed by atoms with Crippen molar-refractivity contribution in [1.82, 2.24) is 4.90 Å². The Morgan fingerprint density at radius 1 is 1.08 bits per heavy atom. The Morgan fingerprint density at radius 2 is 1.86 bits per heavy atom. The van der Waals surface area contributed by atoms with Crippen molar-refractivity contribution in [2.75, 3.05) is 23.3 Å². The Morgan fingerprint density at radius 3 is 2.64 bits per heavy atom. The minimum Gasteiger partial charge on any atom is -0.384 e. The normalized spacial score (nSPS) is 17.2. The second-order valence-corrected chi connectivity index (χ2v) is 9.77. The average molecular weight is 497 g/mol. The summed E-state index contributed by atoms with van der Waals surface area (Å²) in [5, 5.41) is 3.92.